The van der Waals surface area contributed by atoms with Crippen LogP contribution in [-0.2, 0) is 6.54 Å². The Labute approximate surface area is 112 Å². The van der Waals surface area contributed by atoms with E-state index in [1.165, 1.54) is 24.0 Å². The van der Waals surface area contributed by atoms with Gasteiger partial charge < -0.3 is 5.73 Å². The van der Waals surface area contributed by atoms with E-state index in [-0.39, 0.29) is 5.54 Å². The largest absolute Gasteiger partial charge is 0.329 e. The molecule has 0 saturated carbocycles. The van der Waals surface area contributed by atoms with Crippen LogP contribution in [0.15, 0.2) is 24.3 Å². The predicted octanol–water partition coefficient (Wildman–Crippen LogP) is 3.33. The van der Waals surface area contributed by atoms with Gasteiger partial charge in [-0.1, -0.05) is 50.1 Å². The van der Waals surface area contributed by atoms with Crippen molar-refractivity contribution in [2.75, 3.05) is 13.6 Å². The average molecular weight is 248 g/mol. The van der Waals surface area contributed by atoms with Crippen LogP contribution in [0.3, 0.4) is 0 Å². The Hall–Kier alpha value is -0.860. The van der Waals surface area contributed by atoms with Gasteiger partial charge in [-0.25, -0.2) is 0 Å². The predicted molar refractivity (Wildman–Crippen MR) is 79.6 cm³/mol. The molecule has 0 saturated heterocycles. The molecule has 0 heterocycles. The fourth-order valence-electron chi connectivity index (χ4n) is 2.64. The van der Waals surface area contributed by atoms with Gasteiger partial charge in [0.05, 0.1) is 0 Å². The van der Waals surface area contributed by atoms with Crippen molar-refractivity contribution in [3.05, 3.63) is 35.4 Å². The Kier molecular flexibility index (Phi) is 5.83. The number of nitrogens with two attached hydrogens (primary N) is 1. The van der Waals surface area contributed by atoms with Crippen LogP contribution in [-0.4, -0.2) is 24.0 Å². The molecule has 2 nitrogen and oxygen atoms in total. The van der Waals surface area contributed by atoms with Crippen molar-refractivity contribution in [3.8, 4) is 0 Å². The number of rotatable bonds is 7. The molecular formula is C16H28N2. The fourth-order valence-corrected chi connectivity index (χ4v) is 2.64. The van der Waals surface area contributed by atoms with E-state index in [1.807, 2.05) is 0 Å². The highest BCUT2D eigenvalue weighted by Crippen LogP contribution is 2.25. The minimum absolute atomic E-state index is 0.152. The van der Waals surface area contributed by atoms with Crippen molar-refractivity contribution in [1.29, 1.82) is 0 Å². The van der Waals surface area contributed by atoms with Gasteiger partial charge in [-0.3, -0.25) is 4.90 Å². The van der Waals surface area contributed by atoms with E-state index >= 15 is 0 Å². The monoisotopic (exact) mass is 248 g/mol. The van der Waals surface area contributed by atoms with Gasteiger partial charge in [-0.05, 0) is 32.4 Å². The second-order valence-electron chi connectivity index (χ2n) is 5.37. The van der Waals surface area contributed by atoms with Gasteiger partial charge in [0.15, 0.2) is 0 Å². The van der Waals surface area contributed by atoms with Crippen LogP contribution in [0.1, 0.15) is 44.2 Å². The Morgan fingerprint density at radius 1 is 1.17 bits per heavy atom. The average Bonchev–Trinajstić information content (AvgIpc) is 2.38. The third-order valence-corrected chi connectivity index (χ3v) is 4.10. The Morgan fingerprint density at radius 3 is 2.22 bits per heavy atom. The molecule has 1 rings (SSSR count). The standard InChI is InChI=1S/C16H28N2/c1-5-11-16(6-2,13-17)18(4)12-15-9-7-14(3)8-10-15/h7-10H,5-6,11-13,17H2,1-4H3. The summed E-state index contributed by atoms with van der Waals surface area (Å²) in [6.07, 6.45) is 3.46. The summed E-state index contributed by atoms with van der Waals surface area (Å²) in [5, 5.41) is 0. The number of aryl methyl sites for hydroxylation is 1. The van der Waals surface area contributed by atoms with E-state index in [1.54, 1.807) is 0 Å². The van der Waals surface area contributed by atoms with Crippen molar-refractivity contribution in [1.82, 2.24) is 4.90 Å². The van der Waals surface area contributed by atoms with E-state index in [0.717, 1.165) is 19.5 Å². The van der Waals surface area contributed by atoms with Crippen LogP contribution in [0, 0.1) is 6.92 Å². The van der Waals surface area contributed by atoms with Gasteiger partial charge >= 0.3 is 0 Å². The number of benzene rings is 1. The second kappa shape index (κ2) is 6.91. The Balaban J connectivity index is 2.77. The van der Waals surface area contributed by atoms with Crippen LogP contribution in [0.2, 0.25) is 0 Å². The highest BCUT2D eigenvalue weighted by atomic mass is 15.2. The maximum absolute atomic E-state index is 6.04. The first-order chi connectivity index (χ1) is 8.57. The molecule has 102 valence electrons. The van der Waals surface area contributed by atoms with Crippen molar-refractivity contribution in [2.45, 2.75) is 52.1 Å². The molecule has 2 heteroatoms. The maximum atomic E-state index is 6.04. The van der Waals surface area contributed by atoms with Crippen LogP contribution in [0.5, 0.6) is 0 Å². The molecule has 0 aromatic heterocycles. The van der Waals surface area contributed by atoms with Crippen LogP contribution in [0.25, 0.3) is 0 Å². The summed E-state index contributed by atoms with van der Waals surface area (Å²) in [7, 11) is 2.20. The normalized spacial score (nSPS) is 14.8. The molecule has 0 fully saturated rings. The van der Waals surface area contributed by atoms with Gasteiger partial charge in [0.1, 0.15) is 0 Å². The zero-order chi connectivity index (χ0) is 13.6. The van der Waals surface area contributed by atoms with Crippen molar-refractivity contribution in [2.24, 2.45) is 5.73 Å². The summed E-state index contributed by atoms with van der Waals surface area (Å²) >= 11 is 0. The molecule has 0 amide bonds. The Bertz CT molecular complexity index is 339. The first-order valence-electron chi connectivity index (χ1n) is 7.05. The molecule has 18 heavy (non-hydrogen) atoms. The fraction of sp³-hybridized carbons (Fsp3) is 0.625. The van der Waals surface area contributed by atoms with Crippen LogP contribution < -0.4 is 5.73 Å². The lowest BCUT2D eigenvalue weighted by atomic mass is 9.88. The van der Waals surface area contributed by atoms with Crippen LogP contribution in [0.4, 0.5) is 0 Å². The molecule has 0 bridgehead atoms. The van der Waals surface area contributed by atoms with E-state index in [4.69, 9.17) is 5.73 Å². The topological polar surface area (TPSA) is 29.3 Å². The van der Waals surface area contributed by atoms with Crippen molar-refractivity contribution >= 4 is 0 Å². The first-order valence-corrected chi connectivity index (χ1v) is 7.05. The molecule has 0 aliphatic heterocycles. The minimum atomic E-state index is 0.152. The molecule has 0 aliphatic rings. The van der Waals surface area contributed by atoms with E-state index in [2.05, 4.69) is 57.0 Å². The Morgan fingerprint density at radius 2 is 1.78 bits per heavy atom. The quantitative estimate of drug-likeness (QED) is 0.802. The molecule has 0 spiro atoms. The maximum Gasteiger partial charge on any atom is 0.0329 e. The van der Waals surface area contributed by atoms with E-state index in [0.29, 0.717) is 0 Å². The molecule has 1 aromatic carbocycles. The summed E-state index contributed by atoms with van der Waals surface area (Å²) in [5.41, 5.74) is 8.88. The van der Waals surface area contributed by atoms with E-state index < -0.39 is 0 Å². The van der Waals surface area contributed by atoms with E-state index in [9.17, 15) is 0 Å². The molecule has 1 unspecified atom stereocenters. The van der Waals surface area contributed by atoms with Gasteiger partial charge in [0, 0.05) is 18.6 Å². The zero-order valence-electron chi connectivity index (χ0n) is 12.4. The minimum Gasteiger partial charge on any atom is -0.329 e. The zero-order valence-corrected chi connectivity index (χ0v) is 12.4. The van der Waals surface area contributed by atoms with Gasteiger partial charge in [0.2, 0.25) is 0 Å². The summed E-state index contributed by atoms with van der Waals surface area (Å²) in [6.45, 7) is 8.32. The lowest BCUT2D eigenvalue weighted by Gasteiger charge is -2.41. The summed E-state index contributed by atoms with van der Waals surface area (Å²) in [4.78, 5) is 2.43. The summed E-state index contributed by atoms with van der Waals surface area (Å²) in [6, 6.07) is 8.79. The smallest absolute Gasteiger partial charge is 0.0329 e. The van der Waals surface area contributed by atoms with Gasteiger partial charge in [-0.15, -0.1) is 0 Å². The number of hydrogen-bond donors (Lipinski definition) is 1. The molecule has 1 aromatic rings. The molecule has 2 N–H and O–H groups in total. The molecule has 0 aliphatic carbocycles. The second-order valence-corrected chi connectivity index (χ2v) is 5.37. The van der Waals surface area contributed by atoms with Crippen molar-refractivity contribution < 1.29 is 0 Å². The highest BCUT2D eigenvalue weighted by molar-refractivity contribution is 5.21. The third kappa shape index (κ3) is 3.56. The SMILES string of the molecule is CCCC(CC)(CN)N(C)Cc1ccc(C)cc1. The highest BCUT2D eigenvalue weighted by Gasteiger charge is 2.30. The summed E-state index contributed by atoms with van der Waals surface area (Å²) < 4.78 is 0. The summed E-state index contributed by atoms with van der Waals surface area (Å²) in [5.74, 6) is 0. The molecular weight excluding hydrogens is 220 g/mol. The molecule has 1 atom stereocenters. The molecule has 0 radical (unpaired) electrons. The first kappa shape index (κ1) is 15.2. The van der Waals surface area contributed by atoms with Gasteiger partial charge in [-0.2, -0.15) is 0 Å². The lowest BCUT2D eigenvalue weighted by molar-refractivity contribution is 0.102. The lowest BCUT2D eigenvalue weighted by Crippen LogP contribution is -2.51. The van der Waals surface area contributed by atoms with Gasteiger partial charge in [0.25, 0.3) is 0 Å². The number of likely N-dealkylation sites (N-methyl/N-ethyl adjacent to an activating group) is 1. The number of nitrogens with zero attached hydrogens (tertiary/aromatic N) is 1. The van der Waals surface area contributed by atoms with Crippen LogP contribution >= 0.6 is 0 Å². The number of hydrogen-bond acceptors (Lipinski definition) is 2. The third-order valence-electron chi connectivity index (χ3n) is 4.10. The van der Waals surface area contributed by atoms with Crippen molar-refractivity contribution in [3.63, 3.8) is 0 Å².